The second-order valence-electron chi connectivity index (χ2n) is 4.27. The average molecular weight is 306 g/mol. The maximum atomic E-state index is 6.34. The minimum absolute atomic E-state index is 0.278. The Morgan fingerprint density at radius 2 is 2.47 bits per heavy atom. The summed E-state index contributed by atoms with van der Waals surface area (Å²) in [4.78, 5) is 1.39. The molecule has 2 unspecified atom stereocenters. The zero-order valence-electron chi connectivity index (χ0n) is 8.83. The maximum absolute atomic E-state index is 6.34. The van der Waals surface area contributed by atoms with Gasteiger partial charge in [-0.2, -0.15) is 11.8 Å². The standard InChI is InChI=1S/C11H16BrNS2/c1-11(4-2-5-15-11)10(13)7-9-8(12)3-6-14-9/h3,6,10H,2,4-5,7,13H2,1H3. The Morgan fingerprint density at radius 1 is 1.67 bits per heavy atom. The van der Waals surface area contributed by atoms with E-state index in [1.807, 2.05) is 11.8 Å². The molecule has 0 amide bonds. The van der Waals surface area contributed by atoms with Crippen molar-refractivity contribution in [3.05, 3.63) is 20.8 Å². The van der Waals surface area contributed by atoms with Gasteiger partial charge < -0.3 is 5.73 Å². The molecule has 4 heteroatoms. The molecule has 84 valence electrons. The molecule has 0 saturated carbocycles. The quantitative estimate of drug-likeness (QED) is 0.922. The first-order valence-electron chi connectivity index (χ1n) is 5.23. The zero-order chi connectivity index (χ0) is 10.9. The third-order valence-electron chi connectivity index (χ3n) is 3.13. The van der Waals surface area contributed by atoms with E-state index in [9.17, 15) is 0 Å². The van der Waals surface area contributed by atoms with Crippen LogP contribution in [-0.4, -0.2) is 16.5 Å². The third-order valence-corrected chi connectivity index (χ3v) is 6.74. The monoisotopic (exact) mass is 305 g/mol. The lowest BCUT2D eigenvalue weighted by Crippen LogP contribution is -2.42. The van der Waals surface area contributed by atoms with Crippen molar-refractivity contribution in [2.45, 2.75) is 37.0 Å². The van der Waals surface area contributed by atoms with Gasteiger partial charge in [-0.05, 0) is 59.3 Å². The van der Waals surface area contributed by atoms with Gasteiger partial charge in [0.15, 0.2) is 0 Å². The van der Waals surface area contributed by atoms with Gasteiger partial charge in [0.05, 0.1) is 0 Å². The van der Waals surface area contributed by atoms with Crippen molar-refractivity contribution in [1.82, 2.24) is 0 Å². The Balaban J connectivity index is 2.03. The summed E-state index contributed by atoms with van der Waals surface area (Å²) in [5.41, 5.74) is 6.34. The zero-order valence-corrected chi connectivity index (χ0v) is 12.1. The number of hydrogen-bond donors (Lipinski definition) is 1. The van der Waals surface area contributed by atoms with Gasteiger partial charge in [-0.1, -0.05) is 0 Å². The van der Waals surface area contributed by atoms with E-state index in [1.54, 1.807) is 11.3 Å². The minimum Gasteiger partial charge on any atom is -0.326 e. The van der Waals surface area contributed by atoms with Crippen LogP contribution in [0.15, 0.2) is 15.9 Å². The molecule has 1 aromatic heterocycles. The maximum Gasteiger partial charge on any atom is 0.0314 e. The lowest BCUT2D eigenvalue weighted by Gasteiger charge is -2.30. The molecular weight excluding hydrogens is 290 g/mol. The van der Waals surface area contributed by atoms with Crippen LogP contribution in [0.25, 0.3) is 0 Å². The highest BCUT2D eigenvalue weighted by atomic mass is 79.9. The van der Waals surface area contributed by atoms with E-state index in [0.717, 1.165) is 6.42 Å². The Kier molecular flexibility index (Phi) is 3.81. The molecule has 1 fully saturated rings. The van der Waals surface area contributed by atoms with E-state index in [0.29, 0.717) is 4.75 Å². The van der Waals surface area contributed by atoms with Crippen LogP contribution in [-0.2, 0) is 6.42 Å². The number of nitrogens with two attached hydrogens (primary N) is 1. The molecule has 1 aliphatic heterocycles. The normalized spacial score (nSPS) is 28.2. The van der Waals surface area contributed by atoms with Gasteiger partial charge in [-0.3, -0.25) is 0 Å². The van der Waals surface area contributed by atoms with E-state index in [2.05, 4.69) is 34.3 Å². The Bertz CT molecular complexity index is 331. The van der Waals surface area contributed by atoms with Gasteiger partial charge in [0, 0.05) is 20.1 Å². The van der Waals surface area contributed by atoms with Crippen molar-refractivity contribution in [1.29, 1.82) is 0 Å². The minimum atomic E-state index is 0.278. The molecule has 2 heterocycles. The Hall–Kier alpha value is 0.490. The molecule has 0 spiro atoms. The molecule has 0 bridgehead atoms. The van der Waals surface area contributed by atoms with Crippen LogP contribution < -0.4 is 5.73 Å². The summed E-state index contributed by atoms with van der Waals surface area (Å²) in [6.07, 6.45) is 3.59. The van der Waals surface area contributed by atoms with Crippen molar-refractivity contribution in [3.63, 3.8) is 0 Å². The fraction of sp³-hybridized carbons (Fsp3) is 0.636. The second-order valence-corrected chi connectivity index (χ2v) is 7.75. The van der Waals surface area contributed by atoms with Crippen LogP contribution in [0.2, 0.25) is 0 Å². The molecule has 0 radical (unpaired) electrons. The summed E-state index contributed by atoms with van der Waals surface area (Å²) < 4.78 is 1.51. The lowest BCUT2D eigenvalue weighted by atomic mass is 9.94. The number of thiophene rings is 1. The van der Waals surface area contributed by atoms with Crippen LogP contribution in [0.5, 0.6) is 0 Å². The lowest BCUT2D eigenvalue weighted by molar-refractivity contribution is 0.484. The Labute approximate surface area is 108 Å². The second kappa shape index (κ2) is 4.78. The average Bonchev–Trinajstić information content (AvgIpc) is 2.78. The van der Waals surface area contributed by atoms with E-state index in [4.69, 9.17) is 5.73 Å². The van der Waals surface area contributed by atoms with Gasteiger partial charge >= 0.3 is 0 Å². The number of hydrogen-bond acceptors (Lipinski definition) is 3. The van der Waals surface area contributed by atoms with Crippen molar-refractivity contribution in [2.24, 2.45) is 5.73 Å². The molecular formula is C11H16BrNS2. The summed E-state index contributed by atoms with van der Waals surface area (Å²) in [6, 6.07) is 2.39. The van der Waals surface area contributed by atoms with Crippen LogP contribution >= 0.6 is 39.0 Å². The highest BCUT2D eigenvalue weighted by Gasteiger charge is 2.35. The summed E-state index contributed by atoms with van der Waals surface area (Å²) in [6.45, 7) is 2.32. The fourth-order valence-corrected chi connectivity index (χ4v) is 4.89. The molecule has 1 aliphatic rings. The molecule has 0 aliphatic carbocycles. The van der Waals surface area contributed by atoms with E-state index in [1.165, 1.54) is 27.9 Å². The molecule has 1 nitrogen and oxygen atoms in total. The molecule has 1 saturated heterocycles. The topological polar surface area (TPSA) is 26.0 Å². The number of thioether (sulfide) groups is 1. The first kappa shape index (κ1) is 12.0. The van der Waals surface area contributed by atoms with Crippen LogP contribution in [0, 0.1) is 0 Å². The Morgan fingerprint density at radius 3 is 3.00 bits per heavy atom. The van der Waals surface area contributed by atoms with Gasteiger partial charge in [-0.25, -0.2) is 0 Å². The van der Waals surface area contributed by atoms with Gasteiger partial charge in [0.2, 0.25) is 0 Å². The largest absolute Gasteiger partial charge is 0.326 e. The van der Waals surface area contributed by atoms with Gasteiger partial charge in [-0.15, -0.1) is 11.3 Å². The molecule has 15 heavy (non-hydrogen) atoms. The van der Waals surface area contributed by atoms with E-state index >= 15 is 0 Å². The van der Waals surface area contributed by atoms with Crippen LogP contribution in [0.3, 0.4) is 0 Å². The number of halogens is 1. The molecule has 2 atom stereocenters. The van der Waals surface area contributed by atoms with Crippen molar-refractivity contribution in [3.8, 4) is 0 Å². The summed E-state index contributed by atoms with van der Waals surface area (Å²) in [7, 11) is 0. The van der Waals surface area contributed by atoms with Crippen molar-refractivity contribution >= 4 is 39.0 Å². The van der Waals surface area contributed by atoms with Gasteiger partial charge in [0.1, 0.15) is 0 Å². The van der Waals surface area contributed by atoms with E-state index < -0.39 is 0 Å². The van der Waals surface area contributed by atoms with Gasteiger partial charge in [0.25, 0.3) is 0 Å². The highest BCUT2D eigenvalue weighted by Crippen LogP contribution is 2.41. The first-order valence-corrected chi connectivity index (χ1v) is 7.89. The predicted molar refractivity (Wildman–Crippen MR) is 73.8 cm³/mol. The molecule has 0 aromatic carbocycles. The SMILES string of the molecule is CC1(C(N)Cc2sccc2Br)CCCS1. The third kappa shape index (κ3) is 2.60. The van der Waals surface area contributed by atoms with Crippen molar-refractivity contribution < 1.29 is 0 Å². The fourth-order valence-electron chi connectivity index (χ4n) is 1.98. The highest BCUT2D eigenvalue weighted by molar-refractivity contribution is 9.10. The molecule has 2 rings (SSSR count). The number of rotatable bonds is 3. The smallest absolute Gasteiger partial charge is 0.0314 e. The van der Waals surface area contributed by atoms with Crippen LogP contribution in [0.4, 0.5) is 0 Å². The van der Waals surface area contributed by atoms with Crippen molar-refractivity contribution in [2.75, 3.05) is 5.75 Å². The van der Waals surface area contributed by atoms with Crippen LogP contribution in [0.1, 0.15) is 24.6 Å². The van der Waals surface area contributed by atoms with E-state index in [-0.39, 0.29) is 6.04 Å². The summed E-state index contributed by atoms with van der Waals surface area (Å²) >= 11 is 7.41. The molecule has 1 aromatic rings. The first-order chi connectivity index (χ1) is 7.12. The summed E-state index contributed by atoms with van der Waals surface area (Å²) in [5, 5.41) is 2.12. The molecule has 2 N–H and O–H groups in total. The summed E-state index contributed by atoms with van der Waals surface area (Å²) in [5.74, 6) is 1.27. The predicted octanol–water partition coefficient (Wildman–Crippen LogP) is 3.67.